The summed E-state index contributed by atoms with van der Waals surface area (Å²) in [7, 11) is 0. The molecule has 1 aliphatic rings. The molecule has 2 unspecified atom stereocenters. The van der Waals surface area contributed by atoms with Crippen molar-refractivity contribution in [2.45, 2.75) is 31.7 Å². The Kier molecular flexibility index (Phi) is 5.17. The van der Waals surface area contributed by atoms with Crippen LogP contribution >= 0.6 is 15.9 Å². The molecule has 5 nitrogen and oxygen atoms in total. The fourth-order valence-electron chi connectivity index (χ4n) is 2.51. The Bertz CT molecular complexity index is 553. The number of benzene rings is 1. The lowest BCUT2D eigenvalue weighted by molar-refractivity contribution is -0.143. The third-order valence-corrected chi connectivity index (χ3v) is 4.22. The lowest BCUT2D eigenvalue weighted by atomic mass is 9.84. The van der Waals surface area contributed by atoms with Gasteiger partial charge in [0.1, 0.15) is 5.82 Å². The van der Waals surface area contributed by atoms with Gasteiger partial charge in [0, 0.05) is 11.7 Å². The number of nitrogens with one attached hydrogen (secondary N) is 2. The van der Waals surface area contributed by atoms with Gasteiger partial charge in [-0.25, -0.2) is 9.18 Å². The summed E-state index contributed by atoms with van der Waals surface area (Å²) in [4.78, 5) is 23.1. The van der Waals surface area contributed by atoms with Crippen molar-refractivity contribution < 1.29 is 19.1 Å². The maximum absolute atomic E-state index is 13.4. The van der Waals surface area contributed by atoms with E-state index in [1.807, 2.05) is 0 Å². The van der Waals surface area contributed by atoms with Crippen LogP contribution in [0.5, 0.6) is 0 Å². The molecule has 1 aromatic rings. The summed E-state index contributed by atoms with van der Waals surface area (Å²) in [6.45, 7) is 0. The monoisotopic (exact) mass is 358 g/mol. The number of carbonyl (C=O) groups excluding carboxylic acids is 1. The highest BCUT2D eigenvalue weighted by atomic mass is 79.9. The van der Waals surface area contributed by atoms with E-state index in [0.717, 1.165) is 12.8 Å². The lowest BCUT2D eigenvalue weighted by Gasteiger charge is -2.29. The SMILES string of the molecule is O=C(Nc1ccc(Br)c(F)c1)NC1CCCCC1C(=O)O. The van der Waals surface area contributed by atoms with Crippen LogP contribution in [0.15, 0.2) is 22.7 Å². The Hall–Kier alpha value is -1.63. The predicted octanol–water partition coefficient (Wildman–Crippen LogP) is 3.35. The molecule has 0 aliphatic heterocycles. The number of amides is 2. The second kappa shape index (κ2) is 6.89. The summed E-state index contributed by atoms with van der Waals surface area (Å²) in [6, 6.07) is 3.33. The first-order valence-electron chi connectivity index (χ1n) is 6.73. The molecular formula is C14H16BrFN2O3. The summed E-state index contributed by atoms with van der Waals surface area (Å²) >= 11 is 3.03. The van der Waals surface area contributed by atoms with E-state index in [2.05, 4.69) is 26.6 Å². The number of hydrogen-bond acceptors (Lipinski definition) is 2. The van der Waals surface area contributed by atoms with Crippen LogP contribution in [0, 0.1) is 11.7 Å². The van der Waals surface area contributed by atoms with Gasteiger partial charge >= 0.3 is 12.0 Å². The molecule has 2 rings (SSSR count). The third-order valence-electron chi connectivity index (χ3n) is 3.58. The largest absolute Gasteiger partial charge is 0.481 e. The molecule has 1 saturated carbocycles. The summed E-state index contributed by atoms with van der Waals surface area (Å²) in [6.07, 6.45) is 2.95. The van der Waals surface area contributed by atoms with Crippen LogP contribution in [0.25, 0.3) is 0 Å². The molecule has 1 aromatic carbocycles. The van der Waals surface area contributed by atoms with Crippen molar-refractivity contribution in [3.8, 4) is 0 Å². The van der Waals surface area contributed by atoms with E-state index >= 15 is 0 Å². The van der Waals surface area contributed by atoms with Crippen LogP contribution < -0.4 is 10.6 Å². The van der Waals surface area contributed by atoms with Crippen LogP contribution in [-0.2, 0) is 4.79 Å². The Morgan fingerprint density at radius 1 is 1.29 bits per heavy atom. The summed E-state index contributed by atoms with van der Waals surface area (Å²) in [5, 5.41) is 14.3. The number of urea groups is 1. The van der Waals surface area contributed by atoms with E-state index in [4.69, 9.17) is 5.11 Å². The lowest BCUT2D eigenvalue weighted by Crippen LogP contribution is -2.46. The standard InChI is InChI=1S/C14H16BrFN2O3/c15-10-6-5-8(7-11(10)16)17-14(21)18-12-4-2-1-3-9(12)13(19)20/h5-7,9,12H,1-4H2,(H,19,20)(H2,17,18,21). The Balaban J connectivity index is 1.97. The average molecular weight is 359 g/mol. The molecule has 3 N–H and O–H groups in total. The van der Waals surface area contributed by atoms with E-state index in [1.165, 1.54) is 12.1 Å². The Labute approximate surface area is 130 Å². The van der Waals surface area contributed by atoms with Crippen LogP contribution in [0.1, 0.15) is 25.7 Å². The number of halogens is 2. The zero-order valence-corrected chi connectivity index (χ0v) is 12.8. The molecular weight excluding hydrogens is 343 g/mol. The first-order valence-corrected chi connectivity index (χ1v) is 7.52. The summed E-state index contributed by atoms with van der Waals surface area (Å²) in [5.41, 5.74) is 0.316. The minimum atomic E-state index is -0.894. The Morgan fingerprint density at radius 2 is 2.00 bits per heavy atom. The van der Waals surface area contributed by atoms with Gasteiger partial charge in [-0.05, 0) is 47.0 Å². The van der Waals surface area contributed by atoms with Crippen LogP contribution in [-0.4, -0.2) is 23.1 Å². The van der Waals surface area contributed by atoms with E-state index in [9.17, 15) is 14.0 Å². The number of carbonyl (C=O) groups is 2. The van der Waals surface area contributed by atoms with E-state index in [0.29, 0.717) is 23.0 Å². The third kappa shape index (κ3) is 4.17. The van der Waals surface area contributed by atoms with Crippen molar-refractivity contribution in [1.29, 1.82) is 0 Å². The molecule has 0 spiro atoms. The molecule has 1 fully saturated rings. The summed E-state index contributed by atoms with van der Waals surface area (Å²) in [5.74, 6) is -1.94. The van der Waals surface area contributed by atoms with Gasteiger partial charge in [-0.1, -0.05) is 12.8 Å². The van der Waals surface area contributed by atoms with Gasteiger partial charge in [0.05, 0.1) is 10.4 Å². The molecule has 0 saturated heterocycles. The van der Waals surface area contributed by atoms with Crippen molar-refractivity contribution >= 4 is 33.6 Å². The normalized spacial score (nSPS) is 21.6. The van der Waals surface area contributed by atoms with E-state index in [1.54, 1.807) is 6.07 Å². The number of carboxylic acid groups (broad SMARTS) is 1. The van der Waals surface area contributed by atoms with Crippen molar-refractivity contribution in [3.05, 3.63) is 28.5 Å². The summed E-state index contributed by atoms with van der Waals surface area (Å²) < 4.78 is 13.7. The van der Waals surface area contributed by atoms with Crippen molar-refractivity contribution in [2.24, 2.45) is 5.92 Å². The fourth-order valence-corrected chi connectivity index (χ4v) is 2.76. The topological polar surface area (TPSA) is 78.4 Å². The van der Waals surface area contributed by atoms with Crippen LogP contribution in [0.2, 0.25) is 0 Å². The number of carboxylic acids is 1. The smallest absolute Gasteiger partial charge is 0.319 e. The molecule has 2 atom stereocenters. The molecule has 0 bridgehead atoms. The minimum Gasteiger partial charge on any atom is -0.481 e. The molecule has 2 amide bonds. The minimum absolute atomic E-state index is 0.312. The van der Waals surface area contributed by atoms with Gasteiger partial charge in [-0.2, -0.15) is 0 Å². The van der Waals surface area contributed by atoms with Crippen LogP contribution in [0.3, 0.4) is 0 Å². The number of hydrogen-bond donors (Lipinski definition) is 3. The van der Waals surface area contributed by atoms with Gasteiger partial charge in [-0.3, -0.25) is 4.79 Å². The zero-order valence-electron chi connectivity index (χ0n) is 11.2. The quantitative estimate of drug-likeness (QED) is 0.775. The van der Waals surface area contributed by atoms with Gasteiger partial charge in [0.15, 0.2) is 0 Å². The van der Waals surface area contributed by atoms with Crippen molar-refractivity contribution in [2.75, 3.05) is 5.32 Å². The van der Waals surface area contributed by atoms with Gasteiger partial charge in [-0.15, -0.1) is 0 Å². The second-order valence-corrected chi connectivity index (χ2v) is 5.92. The van der Waals surface area contributed by atoms with Crippen molar-refractivity contribution in [3.63, 3.8) is 0 Å². The maximum atomic E-state index is 13.4. The molecule has 1 aliphatic carbocycles. The maximum Gasteiger partial charge on any atom is 0.319 e. The number of anilines is 1. The second-order valence-electron chi connectivity index (χ2n) is 5.06. The highest BCUT2D eigenvalue weighted by Gasteiger charge is 2.31. The molecule has 0 heterocycles. The van der Waals surface area contributed by atoms with Crippen molar-refractivity contribution in [1.82, 2.24) is 5.32 Å². The molecule has 0 radical (unpaired) electrons. The highest BCUT2D eigenvalue weighted by molar-refractivity contribution is 9.10. The van der Waals surface area contributed by atoms with Gasteiger partial charge in [0.2, 0.25) is 0 Å². The molecule has 114 valence electrons. The number of aliphatic carboxylic acids is 1. The predicted molar refractivity (Wildman–Crippen MR) is 79.6 cm³/mol. The first kappa shape index (κ1) is 15.8. The van der Waals surface area contributed by atoms with Gasteiger partial charge in [0.25, 0.3) is 0 Å². The molecule has 7 heteroatoms. The average Bonchev–Trinajstić information content (AvgIpc) is 2.43. The van der Waals surface area contributed by atoms with E-state index in [-0.39, 0.29) is 0 Å². The molecule has 21 heavy (non-hydrogen) atoms. The Morgan fingerprint density at radius 3 is 2.67 bits per heavy atom. The van der Waals surface area contributed by atoms with Gasteiger partial charge < -0.3 is 15.7 Å². The molecule has 0 aromatic heterocycles. The highest BCUT2D eigenvalue weighted by Crippen LogP contribution is 2.25. The van der Waals surface area contributed by atoms with Crippen LogP contribution in [0.4, 0.5) is 14.9 Å². The zero-order chi connectivity index (χ0) is 15.4. The number of rotatable bonds is 3. The fraction of sp³-hybridized carbons (Fsp3) is 0.429. The first-order chi connectivity index (χ1) is 9.97. The van der Waals surface area contributed by atoms with E-state index < -0.39 is 29.8 Å².